The van der Waals surface area contributed by atoms with E-state index in [9.17, 15) is 4.79 Å². The Kier molecular flexibility index (Phi) is 3.75. The highest BCUT2D eigenvalue weighted by Gasteiger charge is 2.11. The molecule has 3 rings (SSSR count). The number of rotatable bonds is 4. The summed E-state index contributed by atoms with van der Waals surface area (Å²) in [6.07, 6.45) is 1.81. The lowest BCUT2D eigenvalue weighted by Crippen LogP contribution is -2.23. The van der Waals surface area contributed by atoms with Crippen LogP contribution >= 0.6 is 11.6 Å². The highest BCUT2D eigenvalue weighted by molar-refractivity contribution is 6.30. The Morgan fingerprint density at radius 2 is 2.05 bits per heavy atom. The number of carbonyl (C=O) groups excluding carboxylic acids is 1. The molecule has 106 valence electrons. The molecule has 0 aliphatic carbocycles. The van der Waals surface area contributed by atoms with Crippen molar-refractivity contribution in [3.05, 3.63) is 64.9 Å². The molecule has 3 N–H and O–H groups in total. The summed E-state index contributed by atoms with van der Waals surface area (Å²) in [5.41, 5.74) is 2.98. The fourth-order valence-corrected chi connectivity index (χ4v) is 2.07. The van der Waals surface area contributed by atoms with Crippen LogP contribution in [0.25, 0.3) is 11.4 Å². The number of nitrogens with one attached hydrogen (secondary N) is 3. The lowest BCUT2D eigenvalue weighted by molar-refractivity contribution is 0.0946. The van der Waals surface area contributed by atoms with E-state index in [1.165, 1.54) is 0 Å². The second-order valence-corrected chi connectivity index (χ2v) is 5.00. The minimum atomic E-state index is -0.199. The molecule has 0 spiro atoms. The zero-order valence-electron chi connectivity index (χ0n) is 11.1. The van der Waals surface area contributed by atoms with Crippen LogP contribution in [-0.2, 0) is 6.54 Å². The Morgan fingerprint density at radius 1 is 1.24 bits per heavy atom. The topological polar surface area (TPSA) is 73.6 Å². The molecular weight excluding hydrogens is 288 g/mol. The fraction of sp³-hybridized carbons (Fsp3) is 0.0667. The first-order chi connectivity index (χ1) is 10.2. The fourth-order valence-electron chi connectivity index (χ4n) is 1.95. The summed E-state index contributed by atoms with van der Waals surface area (Å²) in [7, 11) is 0. The predicted molar refractivity (Wildman–Crippen MR) is 81.0 cm³/mol. The van der Waals surface area contributed by atoms with E-state index < -0.39 is 0 Å². The standard InChI is InChI=1S/C15H13ClN4O/c16-11-5-3-10(4-6-11)9-18-15(21)14-8-13(19-20-14)12-2-1-7-17-12/h1-8,17H,9H2,(H,18,21)(H,19,20). The van der Waals surface area contributed by atoms with E-state index in [-0.39, 0.29) is 5.91 Å². The summed E-state index contributed by atoms with van der Waals surface area (Å²) in [5.74, 6) is -0.199. The van der Waals surface area contributed by atoms with Crippen LogP contribution in [0.3, 0.4) is 0 Å². The number of hydrogen-bond acceptors (Lipinski definition) is 2. The number of hydrogen-bond donors (Lipinski definition) is 3. The molecule has 0 radical (unpaired) electrons. The average molecular weight is 301 g/mol. The monoisotopic (exact) mass is 300 g/mol. The van der Waals surface area contributed by atoms with Crippen molar-refractivity contribution in [2.75, 3.05) is 0 Å². The normalized spacial score (nSPS) is 10.5. The Bertz CT molecular complexity index is 731. The van der Waals surface area contributed by atoms with Crippen LogP contribution in [0.5, 0.6) is 0 Å². The molecule has 0 atom stereocenters. The third-order valence-corrected chi connectivity index (χ3v) is 3.31. The molecule has 6 heteroatoms. The van der Waals surface area contributed by atoms with Gasteiger partial charge in [-0.3, -0.25) is 9.89 Å². The van der Waals surface area contributed by atoms with E-state index in [4.69, 9.17) is 11.6 Å². The molecule has 0 aliphatic heterocycles. The van der Waals surface area contributed by atoms with E-state index in [0.29, 0.717) is 23.0 Å². The zero-order chi connectivity index (χ0) is 14.7. The van der Waals surface area contributed by atoms with Crippen LogP contribution in [0.15, 0.2) is 48.7 Å². The first-order valence-corrected chi connectivity index (χ1v) is 6.82. The molecule has 0 saturated heterocycles. The van der Waals surface area contributed by atoms with Crippen molar-refractivity contribution in [1.29, 1.82) is 0 Å². The highest BCUT2D eigenvalue weighted by atomic mass is 35.5. The van der Waals surface area contributed by atoms with Gasteiger partial charge in [0.15, 0.2) is 0 Å². The number of nitrogens with zero attached hydrogens (tertiary/aromatic N) is 1. The third kappa shape index (κ3) is 3.14. The molecule has 2 heterocycles. The summed E-state index contributed by atoms with van der Waals surface area (Å²) >= 11 is 5.82. The van der Waals surface area contributed by atoms with Gasteiger partial charge in [0.1, 0.15) is 11.4 Å². The van der Waals surface area contributed by atoms with Crippen molar-refractivity contribution in [3.63, 3.8) is 0 Å². The van der Waals surface area contributed by atoms with Crippen molar-refractivity contribution < 1.29 is 4.79 Å². The molecule has 1 aromatic carbocycles. The van der Waals surface area contributed by atoms with E-state index in [2.05, 4.69) is 20.5 Å². The van der Waals surface area contributed by atoms with Gasteiger partial charge in [-0.15, -0.1) is 0 Å². The summed E-state index contributed by atoms with van der Waals surface area (Å²) in [6, 6.07) is 12.8. The second kappa shape index (κ2) is 5.85. The lowest BCUT2D eigenvalue weighted by Gasteiger charge is -2.03. The SMILES string of the molecule is O=C(NCc1ccc(Cl)cc1)c1cc(-c2ccc[nH]2)n[nH]1. The van der Waals surface area contributed by atoms with Gasteiger partial charge in [-0.2, -0.15) is 5.10 Å². The van der Waals surface area contributed by atoms with Crippen molar-refractivity contribution in [1.82, 2.24) is 20.5 Å². The molecule has 0 unspecified atom stereocenters. The predicted octanol–water partition coefficient (Wildman–Crippen LogP) is 2.99. The summed E-state index contributed by atoms with van der Waals surface area (Å²) in [6.45, 7) is 0.437. The van der Waals surface area contributed by atoms with Crippen LogP contribution in [0, 0.1) is 0 Å². The van der Waals surface area contributed by atoms with Gasteiger partial charge in [0, 0.05) is 17.8 Å². The first kappa shape index (κ1) is 13.5. The molecule has 0 saturated carbocycles. The minimum absolute atomic E-state index is 0.199. The second-order valence-electron chi connectivity index (χ2n) is 4.56. The van der Waals surface area contributed by atoms with E-state index in [0.717, 1.165) is 11.3 Å². The van der Waals surface area contributed by atoms with Gasteiger partial charge >= 0.3 is 0 Å². The minimum Gasteiger partial charge on any atom is -0.360 e. The van der Waals surface area contributed by atoms with E-state index in [1.54, 1.807) is 18.2 Å². The number of halogens is 1. The van der Waals surface area contributed by atoms with E-state index >= 15 is 0 Å². The number of aromatic amines is 2. The Labute approximate surface area is 126 Å². The quantitative estimate of drug-likeness (QED) is 0.693. The Morgan fingerprint density at radius 3 is 2.76 bits per heavy atom. The van der Waals surface area contributed by atoms with Gasteiger partial charge in [-0.05, 0) is 35.9 Å². The molecular formula is C15H13ClN4O. The van der Waals surface area contributed by atoms with Gasteiger partial charge in [0.25, 0.3) is 5.91 Å². The summed E-state index contributed by atoms with van der Waals surface area (Å²) in [5, 5.41) is 10.4. The van der Waals surface area contributed by atoms with Crippen molar-refractivity contribution in [3.8, 4) is 11.4 Å². The molecule has 21 heavy (non-hydrogen) atoms. The summed E-state index contributed by atoms with van der Waals surface area (Å²) in [4.78, 5) is 15.1. The van der Waals surface area contributed by atoms with Gasteiger partial charge in [-0.25, -0.2) is 0 Å². The Balaban J connectivity index is 1.64. The molecule has 3 aromatic rings. The zero-order valence-corrected chi connectivity index (χ0v) is 11.8. The molecule has 5 nitrogen and oxygen atoms in total. The van der Waals surface area contributed by atoms with Crippen molar-refractivity contribution in [2.45, 2.75) is 6.54 Å². The number of carbonyl (C=O) groups is 1. The molecule has 0 aliphatic rings. The van der Waals surface area contributed by atoms with Gasteiger partial charge in [-0.1, -0.05) is 23.7 Å². The van der Waals surface area contributed by atoms with Crippen LogP contribution in [0.2, 0.25) is 5.02 Å². The molecule has 0 bridgehead atoms. The maximum Gasteiger partial charge on any atom is 0.269 e. The van der Waals surface area contributed by atoms with Crippen molar-refractivity contribution in [2.24, 2.45) is 0 Å². The van der Waals surface area contributed by atoms with Crippen LogP contribution in [0.1, 0.15) is 16.1 Å². The van der Waals surface area contributed by atoms with Gasteiger partial charge in [0.05, 0.1) is 5.69 Å². The smallest absolute Gasteiger partial charge is 0.269 e. The molecule has 0 fully saturated rings. The maximum absolute atomic E-state index is 12.0. The van der Waals surface area contributed by atoms with Crippen molar-refractivity contribution >= 4 is 17.5 Å². The van der Waals surface area contributed by atoms with Crippen LogP contribution in [-0.4, -0.2) is 21.1 Å². The number of benzene rings is 1. The average Bonchev–Trinajstić information content (AvgIpc) is 3.17. The van der Waals surface area contributed by atoms with Gasteiger partial charge in [0.2, 0.25) is 0 Å². The molecule has 1 amide bonds. The third-order valence-electron chi connectivity index (χ3n) is 3.06. The molecule has 2 aromatic heterocycles. The summed E-state index contributed by atoms with van der Waals surface area (Å²) < 4.78 is 0. The number of aromatic nitrogens is 3. The van der Waals surface area contributed by atoms with Gasteiger partial charge < -0.3 is 10.3 Å². The van der Waals surface area contributed by atoms with E-state index in [1.807, 2.05) is 30.5 Å². The first-order valence-electron chi connectivity index (χ1n) is 6.44. The van der Waals surface area contributed by atoms with Crippen LogP contribution in [0.4, 0.5) is 0 Å². The Hall–Kier alpha value is -2.53. The number of H-pyrrole nitrogens is 2. The largest absolute Gasteiger partial charge is 0.360 e. The van der Waals surface area contributed by atoms with Crippen LogP contribution < -0.4 is 5.32 Å². The maximum atomic E-state index is 12.0. The lowest BCUT2D eigenvalue weighted by atomic mass is 10.2. The number of amides is 1. The highest BCUT2D eigenvalue weighted by Crippen LogP contribution is 2.15.